The Kier molecular flexibility index (Phi) is 7.97. The Morgan fingerprint density at radius 3 is 2.03 bits per heavy atom. The van der Waals surface area contributed by atoms with Crippen molar-refractivity contribution in [1.82, 2.24) is 25.0 Å². The second kappa shape index (κ2) is 11.7. The molecule has 1 fully saturated rings. The molecule has 0 unspecified atom stereocenters. The van der Waals surface area contributed by atoms with Crippen LogP contribution in [-0.4, -0.2) is 64.6 Å². The van der Waals surface area contributed by atoms with Crippen LogP contribution in [0.5, 0.6) is 23.0 Å². The van der Waals surface area contributed by atoms with Gasteiger partial charge in [0.25, 0.3) is 0 Å². The summed E-state index contributed by atoms with van der Waals surface area (Å²) in [6, 6.07) is 11.3. The lowest BCUT2D eigenvalue weighted by molar-refractivity contribution is 0.0703. The number of methoxy groups -OCH3 is 4. The molecular weight excluding hydrogens is 500 g/mol. The van der Waals surface area contributed by atoms with Crippen molar-refractivity contribution in [3.8, 4) is 23.0 Å². The van der Waals surface area contributed by atoms with E-state index in [2.05, 4.69) is 25.2 Å². The van der Waals surface area contributed by atoms with Crippen LogP contribution in [0.3, 0.4) is 0 Å². The van der Waals surface area contributed by atoms with Gasteiger partial charge in [-0.05, 0) is 37.1 Å². The van der Waals surface area contributed by atoms with Crippen LogP contribution in [0.15, 0.2) is 42.7 Å². The number of rotatable bonds is 10. The molecule has 0 saturated heterocycles. The van der Waals surface area contributed by atoms with Gasteiger partial charge in [0.1, 0.15) is 29.3 Å². The molecule has 2 heterocycles. The quantitative estimate of drug-likeness (QED) is 0.321. The topological polar surface area (TPSA) is 117 Å². The van der Waals surface area contributed by atoms with E-state index in [4.69, 9.17) is 18.9 Å². The van der Waals surface area contributed by atoms with Gasteiger partial charge in [-0.2, -0.15) is 0 Å². The summed E-state index contributed by atoms with van der Waals surface area (Å²) in [5.74, 6) is 3.42. The average Bonchev–Trinajstić information content (AvgIpc) is 3.41. The number of aliphatic hydroxyl groups is 1. The van der Waals surface area contributed by atoms with E-state index in [1.807, 2.05) is 36.4 Å². The molecule has 1 aliphatic rings. The fourth-order valence-electron chi connectivity index (χ4n) is 5.17. The number of aromatic nitrogens is 5. The molecule has 206 valence electrons. The Morgan fingerprint density at radius 1 is 0.846 bits per heavy atom. The summed E-state index contributed by atoms with van der Waals surface area (Å²) in [6.07, 6.45) is 4.65. The van der Waals surface area contributed by atoms with Gasteiger partial charge in [0, 0.05) is 36.3 Å². The number of nitrogens with zero attached hydrogens (tertiary/aromatic N) is 6. The summed E-state index contributed by atoms with van der Waals surface area (Å²) in [7, 11) is 6.53. The number of fused-ring (bicyclic) bond motifs is 1. The molecule has 5 rings (SSSR count). The van der Waals surface area contributed by atoms with Gasteiger partial charge in [0.05, 0.1) is 40.6 Å². The molecule has 1 N–H and O–H groups in total. The standard InChI is InChI=1S/C28H34N6O5/c1-36-20-11-9-18(24(13-20)38-3)15-33(16-19-10-12-21(37-2)14-25(19)39-4)27-26-28(30-17-29-27)34(32-31-26)22-7-5-6-8-23(22)35/h9-14,17,22-23,35H,5-8,15-16H2,1-4H3/t22-,23+/m0/s1. The van der Waals surface area contributed by atoms with Gasteiger partial charge in [-0.15, -0.1) is 5.10 Å². The second-order valence-electron chi connectivity index (χ2n) is 9.53. The molecule has 2 aromatic carbocycles. The SMILES string of the molecule is COc1ccc(CN(Cc2ccc(OC)cc2OC)c2ncnc3c2nnn3[C@H]2CCCC[C@H]2O)c(OC)c1. The molecule has 0 radical (unpaired) electrons. The van der Waals surface area contributed by atoms with Crippen LogP contribution in [0.25, 0.3) is 11.2 Å². The van der Waals surface area contributed by atoms with Crippen LogP contribution in [0.2, 0.25) is 0 Å². The molecular formula is C28H34N6O5. The van der Waals surface area contributed by atoms with Gasteiger partial charge in [-0.1, -0.05) is 18.1 Å². The lowest BCUT2D eigenvalue weighted by atomic mass is 9.93. The van der Waals surface area contributed by atoms with Crippen molar-refractivity contribution in [2.75, 3.05) is 33.3 Å². The minimum atomic E-state index is -0.481. The molecule has 0 amide bonds. The lowest BCUT2D eigenvalue weighted by Gasteiger charge is -2.28. The molecule has 11 nitrogen and oxygen atoms in total. The van der Waals surface area contributed by atoms with E-state index in [0.29, 0.717) is 53.1 Å². The fraction of sp³-hybridized carbons (Fsp3) is 0.429. The highest BCUT2D eigenvalue weighted by atomic mass is 16.5. The van der Waals surface area contributed by atoms with Gasteiger partial charge in [0.2, 0.25) is 0 Å². The van der Waals surface area contributed by atoms with Gasteiger partial charge in [0.15, 0.2) is 17.0 Å². The first-order chi connectivity index (χ1) is 19.1. The van der Waals surface area contributed by atoms with Crippen molar-refractivity contribution in [1.29, 1.82) is 0 Å². The summed E-state index contributed by atoms with van der Waals surface area (Å²) >= 11 is 0. The normalized spacial score (nSPS) is 17.2. The second-order valence-corrected chi connectivity index (χ2v) is 9.53. The van der Waals surface area contributed by atoms with Crippen LogP contribution in [0, 0.1) is 0 Å². The van der Waals surface area contributed by atoms with Gasteiger partial charge in [-0.3, -0.25) is 0 Å². The fourth-order valence-corrected chi connectivity index (χ4v) is 5.17. The first kappa shape index (κ1) is 26.5. The Balaban J connectivity index is 1.59. The van der Waals surface area contributed by atoms with Crippen molar-refractivity contribution in [2.45, 2.75) is 50.9 Å². The van der Waals surface area contributed by atoms with E-state index in [1.165, 1.54) is 6.33 Å². The number of benzene rings is 2. The van der Waals surface area contributed by atoms with Gasteiger partial charge in [-0.25, -0.2) is 14.6 Å². The van der Waals surface area contributed by atoms with Gasteiger partial charge >= 0.3 is 0 Å². The Morgan fingerprint density at radius 2 is 1.46 bits per heavy atom. The van der Waals surface area contributed by atoms with E-state index in [0.717, 1.165) is 36.8 Å². The predicted molar refractivity (Wildman–Crippen MR) is 146 cm³/mol. The van der Waals surface area contributed by atoms with Crippen molar-refractivity contribution in [2.24, 2.45) is 0 Å². The molecule has 2 atom stereocenters. The van der Waals surface area contributed by atoms with Gasteiger partial charge < -0.3 is 29.0 Å². The maximum absolute atomic E-state index is 10.7. The minimum Gasteiger partial charge on any atom is -0.497 e. The molecule has 11 heteroatoms. The number of aliphatic hydroxyl groups excluding tert-OH is 1. The van der Waals surface area contributed by atoms with Crippen molar-refractivity contribution in [3.05, 3.63) is 53.9 Å². The molecule has 2 aromatic heterocycles. The summed E-state index contributed by atoms with van der Waals surface area (Å²) in [6.45, 7) is 0.904. The van der Waals surface area contributed by atoms with Crippen LogP contribution >= 0.6 is 0 Å². The zero-order valence-electron chi connectivity index (χ0n) is 22.7. The highest BCUT2D eigenvalue weighted by Gasteiger charge is 2.29. The molecule has 1 aliphatic carbocycles. The minimum absolute atomic E-state index is 0.164. The van der Waals surface area contributed by atoms with E-state index < -0.39 is 6.10 Å². The zero-order chi connectivity index (χ0) is 27.4. The molecule has 0 spiro atoms. The number of anilines is 1. The molecule has 4 aromatic rings. The third-order valence-electron chi connectivity index (χ3n) is 7.26. The monoisotopic (exact) mass is 534 g/mol. The molecule has 0 aliphatic heterocycles. The largest absolute Gasteiger partial charge is 0.497 e. The van der Waals surface area contributed by atoms with E-state index in [1.54, 1.807) is 33.1 Å². The summed E-state index contributed by atoms with van der Waals surface area (Å²) < 4.78 is 23.9. The average molecular weight is 535 g/mol. The Hall–Kier alpha value is -4.12. The highest BCUT2D eigenvalue weighted by molar-refractivity contribution is 5.82. The Bertz CT molecular complexity index is 1370. The molecule has 39 heavy (non-hydrogen) atoms. The predicted octanol–water partition coefficient (Wildman–Crippen LogP) is 3.94. The molecule has 0 bridgehead atoms. The summed E-state index contributed by atoms with van der Waals surface area (Å²) in [5.41, 5.74) is 3.04. The van der Waals surface area contributed by atoms with Crippen LogP contribution in [-0.2, 0) is 13.1 Å². The van der Waals surface area contributed by atoms with Crippen LogP contribution < -0.4 is 23.8 Å². The Labute approximate surface area is 227 Å². The van der Waals surface area contributed by atoms with Crippen molar-refractivity contribution in [3.63, 3.8) is 0 Å². The number of hydrogen-bond donors (Lipinski definition) is 1. The third-order valence-corrected chi connectivity index (χ3v) is 7.26. The number of ether oxygens (including phenoxy) is 4. The smallest absolute Gasteiger partial charge is 0.184 e. The number of hydrogen-bond acceptors (Lipinski definition) is 10. The van der Waals surface area contributed by atoms with Crippen LogP contribution in [0.1, 0.15) is 42.9 Å². The molecule has 1 saturated carbocycles. The first-order valence-electron chi connectivity index (χ1n) is 13.0. The van der Waals surface area contributed by atoms with Crippen molar-refractivity contribution < 1.29 is 24.1 Å². The summed E-state index contributed by atoms with van der Waals surface area (Å²) in [4.78, 5) is 11.3. The first-order valence-corrected chi connectivity index (χ1v) is 13.0. The lowest BCUT2D eigenvalue weighted by Crippen LogP contribution is -2.28. The maximum Gasteiger partial charge on any atom is 0.184 e. The maximum atomic E-state index is 10.7. The third kappa shape index (κ3) is 5.40. The highest BCUT2D eigenvalue weighted by Crippen LogP contribution is 2.34. The van der Waals surface area contributed by atoms with E-state index in [9.17, 15) is 5.11 Å². The van der Waals surface area contributed by atoms with Crippen LogP contribution in [0.4, 0.5) is 5.82 Å². The van der Waals surface area contributed by atoms with E-state index >= 15 is 0 Å². The summed E-state index contributed by atoms with van der Waals surface area (Å²) in [5, 5.41) is 19.6. The zero-order valence-corrected chi connectivity index (χ0v) is 22.7. The van der Waals surface area contributed by atoms with Crippen molar-refractivity contribution >= 4 is 17.0 Å². The van der Waals surface area contributed by atoms with E-state index in [-0.39, 0.29) is 6.04 Å².